The Labute approximate surface area is 126 Å². The van der Waals surface area contributed by atoms with Gasteiger partial charge in [0, 0.05) is 19.1 Å². The van der Waals surface area contributed by atoms with Crippen molar-refractivity contribution in [3.8, 4) is 0 Å². The number of methoxy groups -OCH3 is 1. The molecule has 0 aromatic heterocycles. The third-order valence-electron chi connectivity index (χ3n) is 3.81. The number of carbonyl (C=O) groups is 1. The molecule has 2 atom stereocenters. The second-order valence-corrected chi connectivity index (χ2v) is 5.35. The van der Waals surface area contributed by atoms with Crippen molar-refractivity contribution >= 4 is 5.97 Å². The number of aliphatic hydroxyl groups excluding tert-OH is 1. The fourth-order valence-corrected chi connectivity index (χ4v) is 2.73. The van der Waals surface area contributed by atoms with Crippen molar-refractivity contribution in [3.05, 3.63) is 35.4 Å². The summed E-state index contributed by atoms with van der Waals surface area (Å²) in [7, 11) is 1.28. The zero-order chi connectivity index (χ0) is 16.3. The summed E-state index contributed by atoms with van der Waals surface area (Å²) in [6.45, 7) is 0.669. The molecule has 1 saturated heterocycles. The molecular weight excluding hydrogens is 299 g/mol. The topological polar surface area (TPSA) is 49.8 Å². The van der Waals surface area contributed by atoms with Crippen LogP contribution in [-0.4, -0.2) is 42.3 Å². The summed E-state index contributed by atoms with van der Waals surface area (Å²) in [4.78, 5) is 13.0. The van der Waals surface area contributed by atoms with Crippen LogP contribution in [0, 0.1) is 0 Å². The van der Waals surface area contributed by atoms with Crippen LogP contribution < -0.4 is 0 Å². The minimum atomic E-state index is -4.40. The van der Waals surface area contributed by atoms with E-state index in [4.69, 9.17) is 0 Å². The summed E-state index contributed by atoms with van der Waals surface area (Å²) in [6.07, 6.45) is -4.53. The quantitative estimate of drug-likeness (QED) is 0.866. The average molecular weight is 317 g/mol. The van der Waals surface area contributed by atoms with Crippen LogP contribution in [0.2, 0.25) is 0 Å². The van der Waals surface area contributed by atoms with E-state index in [0.29, 0.717) is 25.1 Å². The van der Waals surface area contributed by atoms with Crippen LogP contribution in [0.25, 0.3) is 0 Å². The van der Waals surface area contributed by atoms with E-state index in [1.54, 1.807) is 6.07 Å². The van der Waals surface area contributed by atoms with E-state index in [9.17, 15) is 23.1 Å². The van der Waals surface area contributed by atoms with E-state index >= 15 is 0 Å². The van der Waals surface area contributed by atoms with Gasteiger partial charge >= 0.3 is 12.1 Å². The van der Waals surface area contributed by atoms with Crippen molar-refractivity contribution in [2.45, 2.75) is 31.2 Å². The van der Waals surface area contributed by atoms with Gasteiger partial charge in [0.25, 0.3) is 0 Å². The van der Waals surface area contributed by atoms with Crippen LogP contribution in [0.1, 0.15) is 30.0 Å². The lowest BCUT2D eigenvalue weighted by Gasteiger charge is -2.24. The van der Waals surface area contributed by atoms with Gasteiger partial charge in [-0.3, -0.25) is 9.69 Å². The van der Waals surface area contributed by atoms with Gasteiger partial charge in [0.1, 0.15) is 0 Å². The minimum absolute atomic E-state index is 0.138. The highest BCUT2D eigenvalue weighted by molar-refractivity contribution is 5.69. The molecule has 2 unspecified atom stereocenters. The molecule has 1 aliphatic heterocycles. The van der Waals surface area contributed by atoms with Crippen molar-refractivity contribution in [1.82, 2.24) is 4.90 Å². The molecule has 122 valence electrons. The molecule has 1 aliphatic rings. The maximum Gasteiger partial charge on any atom is 0.416 e. The number of aliphatic hydroxyl groups is 1. The molecule has 1 N–H and O–H groups in total. The Morgan fingerprint density at radius 3 is 2.82 bits per heavy atom. The number of ether oxygens (including phenoxy) is 1. The highest BCUT2D eigenvalue weighted by Gasteiger charge is 2.35. The lowest BCUT2D eigenvalue weighted by molar-refractivity contribution is -0.141. The first-order valence-corrected chi connectivity index (χ1v) is 6.97. The monoisotopic (exact) mass is 317 g/mol. The number of hydrogen-bond acceptors (Lipinski definition) is 4. The maximum absolute atomic E-state index is 12.8. The first-order chi connectivity index (χ1) is 10.3. The SMILES string of the molecule is COC(=O)CCN1CC(O)CC1c1cccc(C(F)(F)F)c1. The third-order valence-corrected chi connectivity index (χ3v) is 3.81. The number of halogens is 3. The smallest absolute Gasteiger partial charge is 0.416 e. The predicted octanol–water partition coefficient (Wildman–Crippen LogP) is 2.38. The fourth-order valence-electron chi connectivity index (χ4n) is 2.73. The van der Waals surface area contributed by atoms with Gasteiger partial charge in [-0.1, -0.05) is 12.1 Å². The van der Waals surface area contributed by atoms with E-state index in [1.165, 1.54) is 13.2 Å². The number of carbonyl (C=O) groups excluding carboxylic acids is 1. The fraction of sp³-hybridized carbons (Fsp3) is 0.533. The Kier molecular flexibility index (Phi) is 5.08. The molecule has 0 bridgehead atoms. The molecule has 0 radical (unpaired) electrons. The van der Waals surface area contributed by atoms with E-state index in [2.05, 4.69) is 4.74 Å². The van der Waals surface area contributed by atoms with Gasteiger partial charge in [-0.2, -0.15) is 13.2 Å². The van der Waals surface area contributed by atoms with Crippen molar-refractivity contribution in [2.75, 3.05) is 20.2 Å². The zero-order valence-electron chi connectivity index (χ0n) is 12.1. The Morgan fingerprint density at radius 2 is 2.18 bits per heavy atom. The van der Waals surface area contributed by atoms with Crippen molar-refractivity contribution in [3.63, 3.8) is 0 Å². The maximum atomic E-state index is 12.8. The number of likely N-dealkylation sites (tertiary alicyclic amines) is 1. The summed E-state index contributed by atoms with van der Waals surface area (Å²) in [5.41, 5.74) is -0.212. The van der Waals surface area contributed by atoms with E-state index in [1.807, 2.05) is 4.90 Å². The van der Waals surface area contributed by atoms with Gasteiger partial charge in [-0.25, -0.2) is 0 Å². The molecule has 4 nitrogen and oxygen atoms in total. The summed E-state index contributed by atoms with van der Waals surface area (Å²) < 4.78 is 43.0. The second kappa shape index (κ2) is 6.66. The number of esters is 1. The Balaban J connectivity index is 2.16. The van der Waals surface area contributed by atoms with Crippen LogP contribution in [0.15, 0.2) is 24.3 Å². The molecule has 0 saturated carbocycles. The molecule has 0 spiro atoms. The normalized spacial score (nSPS) is 22.8. The lowest BCUT2D eigenvalue weighted by Crippen LogP contribution is -2.27. The molecule has 1 fully saturated rings. The van der Waals surface area contributed by atoms with Gasteiger partial charge < -0.3 is 9.84 Å². The average Bonchev–Trinajstić information content (AvgIpc) is 2.85. The number of rotatable bonds is 4. The summed E-state index contributed by atoms with van der Waals surface area (Å²) in [5, 5.41) is 9.80. The first-order valence-electron chi connectivity index (χ1n) is 6.97. The molecule has 2 rings (SSSR count). The van der Waals surface area contributed by atoms with Crippen LogP contribution in [0.5, 0.6) is 0 Å². The van der Waals surface area contributed by atoms with Crippen LogP contribution in [-0.2, 0) is 15.7 Å². The number of hydrogen-bond donors (Lipinski definition) is 1. The van der Waals surface area contributed by atoms with Gasteiger partial charge in [0.2, 0.25) is 0 Å². The van der Waals surface area contributed by atoms with Gasteiger partial charge in [0.15, 0.2) is 0 Å². The Bertz CT molecular complexity index is 533. The van der Waals surface area contributed by atoms with Gasteiger partial charge in [-0.05, 0) is 24.1 Å². The van der Waals surface area contributed by atoms with Crippen molar-refractivity contribution in [1.29, 1.82) is 0 Å². The highest BCUT2D eigenvalue weighted by Crippen LogP contribution is 2.36. The first kappa shape index (κ1) is 16.8. The predicted molar refractivity (Wildman–Crippen MR) is 73.0 cm³/mol. The third kappa shape index (κ3) is 3.98. The van der Waals surface area contributed by atoms with Crippen LogP contribution in [0.4, 0.5) is 13.2 Å². The molecule has 1 heterocycles. The number of β-amino-alcohol motifs (C(OH)–C–C–N with tert-alkyl or cyclic N) is 1. The van der Waals surface area contributed by atoms with Crippen LogP contribution >= 0.6 is 0 Å². The van der Waals surface area contributed by atoms with E-state index in [0.717, 1.165) is 12.1 Å². The molecule has 0 amide bonds. The molecule has 22 heavy (non-hydrogen) atoms. The second-order valence-electron chi connectivity index (χ2n) is 5.35. The molecule has 1 aromatic rings. The number of benzene rings is 1. The van der Waals surface area contributed by atoms with Crippen molar-refractivity contribution < 1.29 is 27.8 Å². The number of nitrogens with zero attached hydrogens (tertiary/aromatic N) is 1. The minimum Gasteiger partial charge on any atom is -0.469 e. The van der Waals surface area contributed by atoms with Gasteiger partial charge in [0.05, 0.1) is 25.2 Å². The standard InChI is InChI=1S/C15H18F3NO3/c1-22-14(21)5-6-19-9-12(20)8-13(19)10-3-2-4-11(7-10)15(16,17)18/h2-4,7,12-13,20H,5-6,8-9H2,1H3. The molecule has 1 aromatic carbocycles. The zero-order valence-corrected chi connectivity index (χ0v) is 12.1. The van der Waals surface area contributed by atoms with Crippen LogP contribution in [0.3, 0.4) is 0 Å². The summed E-state index contributed by atoms with van der Waals surface area (Å²) in [6, 6.07) is 4.77. The summed E-state index contributed by atoms with van der Waals surface area (Å²) >= 11 is 0. The lowest BCUT2D eigenvalue weighted by atomic mass is 10.0. The Morgan fingerprint density at radius 1 is 1.45 bits per heavy atom. The summed E-state index contributed by atoms with van der Waals surface area (Å²) in [5.74, 6) is -0.385. The number of alkyl halides is 3. The molecule has 0 aliphatic carbocycles. The van der Waals surface area contributed by atoms with E-state index in [-0.39, 0.29) is 18.4 Å². The van der Waals surface area contributed by atoms with Crippen molar-refractivity contribution in [2.24, 2.45) is 0 Å². The highest BCUT2D eigenvalue weighted by atomic mass is 19.4. The van der Waals surface area contributed by atoms with E-state index < -0.39 is 17.8 Å². The van der Waals surface area contributed by atoms with Gasteiger partial charge in [-0.15, -0.1) is 0 Å². The Hall–Kier alpha value is -1.60. The molecular formula is C15H18F3NO3. The largest absolute Gasteiger partial charge is 0.469 e. The molecule has 7 heteroatoms.